The molecular formula is C19H19NO. The van der Waals surface area contributed by atoms with Crippen molar-refractivity contribution in [2.75, 3.05) is 12.4 Å². The summed E-state index contributed by atoms with van der Waals surface area (Å²) >= 11 is 0. The lowest BCUT2D eigenvalue weighted by atomic mass is 9.99. The molecule has 2 heteroatoms. The fourth-order valence-electron chi connectivity index (χ4n) is 2.70. The maximum atomic E-state index is 5.41. The SMILES string of the molecule is COc1ccccc1N[C@H](C)c1cccc2ccccc12. The number of hydrogen-bond acceptors (Lipinski definition) is 2. The monoisotopic (exact) mass is 277 g/mol. The third-order valence-corrected chi connectivity index (χ3v) is 3.77. The average Bonchev–Trinajstić information content (AvgIpc) is 2.54. The lowest BCUT2D eigenvalue weighted by molar-refractivity contribution is 0.416. The quantitative estimate of drug-likeness (QED) is 0.723. The molecule has 0 aliphatic carbocycles. The molecule has 1 N–H and O–H groups in total. The van der Waals surface area contributed by atoms with E-state index < -0.39 is 0 Å². The van der Waals surface area contributed by atoms with Crippen LogP contribution in [0.2, 0.25) is 0 Å². The van der Waals surface area contributed by atoms with Crippen LogP contribution in [-0.4, -0.2) is 7.11 Å². The van der Waals surface area contributed by atoms with Crippen LogP contribution >= 0.6 is 0 Å². The Balaban J connectivity index is 1.96. The largest absolute Gasteiger partial charge is 0.495 e. The van der Waals surface area contributed by atoms with Gasteiger partial charge in [0.25, 0.3) is 0 Å². The topological polar surface area (TPSA) is 21.3 Å². The smallest absolute Gasteiger partial charge is 0.141 e. The standard InChI is InChI=1S/C19H19NO/c1-14(20-18-12-5-6-13-19(18)21-2)16-11-7-9-15-8-3-4-10-17(15)16/h3-14,20H,1-2H3/t14-/m1/s1. The Morgan fingerprint density at radius 1 is 0.857 bits per heavy atom. The van der Waals surface area contributed by atoms with E-state index in [4.69, 9.17) is 4.74 Å². The first kappa shape index (κ1) is 13.5. The summed E-state index contributed by atoms with van der Waals surface area (Å²) in [5, 5.41) is 6.10. The van der Waals surface area contributed by atoms with E-state index in [1.807, 2.05) is 24.3 Å². The van der Waals surface area contributed by atoms with E-state index in [9.17, 15) is 0 Å². The zero-order chi connectivity index (χ0) is 14.7. The van der Waals surface area contributed by atoms with E-state index in [1.54, 1.807) is 7.11 Å². The van der Waals surface area contributed by atoms with Crippen molar-refractivity contribution in [3.8, 4) is 5.75 Å². The Labute approximate surface area is 125 Å². The molecule has 2 nitrogen and oxygen atoms in total. The second kappa shape index (κ2) is 5.88. The van der Waals surface area contributed by atoms with E-state index in [-0.39, 0.29) is 6.04 Å². The van der Waals surface area contributed by atoms with Crippen molar-refractivity contribution in [1.82, 2.24) is 0 Å². The Morgan fingerprint density at radius 2 is 1.57 bits per heavy atom. The van der Waals surface area contributed by atoms with Crippen molar-refractivity contribution in [3.63, 3.8) is 0 Å². The van der Waals surface area contributed by atoms with Gasteiger partial charge >= 0.3 is 0 Å². The molecular weight excluding hydrogens is 258 g/mol. The molecule has 0 saturated carbocycles. The van der Waals surface area contributed by atoms with Gasteiger partial charge in [-0.2, -0.15) is 0 Å². The molecule has 0 heterocycles. The van der Waals surface area contributed by atoms with Crippen LogP contribution in [0.25, 0.3) is 10.8 Å². The lowest BCUT2D eigenvalue weighted by Crippen LogP contribution is -2.08. The third kappa shape index (κ3) is 2.70. The van der Waals surface area contributed by atoms with Crippen LogP contribution in [0.1, 0.15) is 18.5 Å². The van der Waals surface area contributed by atoms with Crippen molar-refractivity contribution in [2.45, 2.75) is 13.0 Å². The molecule has 0 bridgehead atoms. The van der Waals surface area contributed by atoms with Crippen molar-refractivity contribution in [1.29, 1.82) is 0 Å². The number of fused-ring (bicyclic) bond motifs is 1. The van der Waals surface area contributed by atoms with Gasteiger partial charge in [-0.05, 0) is 35.4 Å². The van der Waals surface area contributed by atoms with Gasteiger partial charge in [-0.25, -0.2) is 0 Å². The first-order valence-corrected chi connectivity index (χ1v) is 7.17. The molecule has 0 aliphatic rings. The summed E-state index contributed by atoms with van der Waals surface area (Å²) in [6.07, 6.45) is 0. The fraction of sp³-hybridized carbons (Fsp3) is 0.158. The Bertz CT molecular complexity index is 746. The molecule has 3 aromatic carbocycles. The van der Waals surface area contributed by atoms with Gasteiger partial charge in [-0.3, -0.25) is 0 Å². The Hall–Kier alpha value is -2.48. The van der Waals surface area contributed by atoms with E-state index in [1.165, 1.54) is 16.3 Å². The summed E-state index contributed by atoms with van der Waals surface area (Å²) < 4.78 is 5.41. The Kier molecular flexibility index (Phi) is 3.78. The number of hydrogen-bond donors (Lipinski definition) is 1. The van der Waals surface area contributed by atoms with Crippen LogP contribution in [0.5, 0.6) is 5.75 Å². The van der Waals surface area contributed by atoms with Gasteiger partial charge in [0.2, 0.25) is 0 Å². The highest BCUT2D eigenvalue weighted by Crippen LogP contribution is 2.30. The molecule has 0 saturated heterocycles. The molecule has 3 aromatic rings. The van der Waals surface area contributed by atoms with Gasteiger partial charge in [-0.15, -0.1) is 0 Å². The minimum atomic E-state index is 0.201. The number of nitrogens with one attached hydrogen (secondary N) is 1. The highest BCUT2D eigenvalue weighted by molar-refractivity contribution is 5.86. The van der Waals surface area contributed by atoms with E-state index in [0.29, 0.717) is 0 Å². The van der Waals surface area contributed by atoms with Crippen LogP contribution in [0.3, 0.4) is 0 Å². The summed E-state index contributed by atoms with van der Waals surface area (Å²) in [4.78, 5) is 0. The first-order chi connectivity index (χ1) is 10.3. The summed E-state index contributed by atoms with van der Waals surface area (Å²) in [5.74, 6) is 0.865. The minimum Gasteiger partial charge on any atom is -0.495 e. The van der Waals surface area contributed by atoms with Gasteiger partial charge in [-0.1, -0.05) is 54.6 Å². The highest BCUT2D eigenvalue weighted by Gasteiger charge is 2.11. The predicted octanol–water partition coefficient (Wildman–Crippen LogP) is 5.02. The molecule has 106 valence electrons. The second-order valence-electron chi connectivity index (χ2n) is 5.13. The van der Waals surface area contributed by atoms with Crippen LogP contribution in [0.4, 0.5) is 5.69 Å². The maximum absolute atomic E-state index is 5.41. The van der Waals surface area contributed by atoms with E-state index >= 15 is 0 Å². The number of rotatable bonds is 4. The number of methoxy groups -OCH3 is 1. The van der Waals surface area contributed by atoms with Gasteiger partial charge in [0, 0.05) is 6.04 Å². The third-order valence-electron chi connectivity index (χ3n) is 3.77. The normalized spacial score (nSPS) is 12.1. The fourth-order valence-corrected chi connectivity index (χ4v) is 2.70. The first-order valence-electron chi connectivity index (χ1n) is 7.17. The van der Waals surface area contributed by atoms with Gasteiger partial charge in [0.05, 0.1) is 12.8 Å². The zero-order valence-corrected chi connectivity index (χ0v) is 12.3. The van der Waals surface area contributed by atoms with E-state index in [0.717, 1.165) is 11.4 Å². The molecule has 1 atom stereocenters. The molecule has 0 aliphatic heterocycles. The van der Waals surface area contributed by atoms with Crippen molar-refractivity contribution >= 4 is 16.5 Å². The molecule has 21 heavy (non-hydrogen) atoms. The van der Waals surface area contributed by atoms with E-state index in [2.05, 4.69) is 54.7 Å². The Morgan fingerprint density at radius 3 is 2.43 bits per heavy atom. The summed E-state index contributed by atoms with van der Waals surface area (Å²) in [6.45, 7) is 2.17. The van der Waals surface area contributed by atoms with Gasteiger partial charge in [0.15, 0.2) is 0 Å². The molecule has 0 spiro atoms. The number of anilines is 1. The van der Waals surface area contributed by atoms with Crippen LogP contribution in [0, 0.1) is 0 Å². The van der Waals surface area contributed by atoms with Gasteiger partial charge in [0.1, 0.15) is 5.75 Å². The number of para-hydroxylation sites is 2. The minimum absolute atomic E-state index is 0.201. The number of ether oxygens (including phenoxy) is 1. The molecule has 3 rings (SSSR count). The molecule has 0 radical (unpaired) electrons. The molecule has 0 amide bonds. The summed E-state index contributed by atoms with van der Waals surface area (Å²) in [5.41, 5.74) is 2.31. The summed E-state index contributed by atoms with van der Waals surface area (Å²) in [7, 11) is 1.70. The molecule has 0 aromatic heterocycles. The average molecular weight is 277 g/mol. The maximum Gasteiger partial charge on any atom is 0.141 e. The van der Waals surface area contributed by atoms with Crippen molar-refractivity contribution in [3.05, 3.63) is 72.3 Å². The summed E-state index contributed by atoms with van der Waals surface area (Å²) in [6, 6.07) is 23.1. The predicted molar refractivity (Wildman–Crippen MR) is 89.0 cm³/mol. The van der Waals surface area contributed by atoms with Crippen LogP contribution in [-0.2, 0) is 0 Å². The molecule has 0 unspecified atom stereocenters. The van der Waals surface area contributed by atoms with Crippen molar-refractivity contribution in [2.24, 2.45) is 0 Å². The number of benzene rings is 3. The van der Waals surface area contributed by atoms with Gasteiger partial charge < -0.3 is 10.1 Å². The second-order valence-corrected chi connectivity index (χ2v) is 5.13. The van der Waals surface area contributed by atoms with Crippen molar-refractivity contribution < 1.29 is 4.74 Å². The zero-order valence-electron chi connectivity index (χ0n) is 12.3. The molecule has 0 fully saturated rings. The van der Waals surface area contributed by atoms with Crippen LogP contribution in [0.15, 0.2) is 66.7 Å². The lowest BCUT2D eigenvalue weighted by Gasteiger charge is -2.19. The highest BCUT2D eigenvalue weighted by atomic mass is 16.5. The van der Waals surface area contributed by atoms with Crippen LogP contribution < -0.4 is 10.1 Å².